The average Bonchev–Trinajstić information content (AvgIpc) is 2.84. The molecule has 0 unspecified atom stereocenters. The number of carbonyl (C=O) groups is 1. The van der Waals surface area contributed by atoms with Gasteiger partial charge in [-0.3, -0.25) is 4.79 Å². The molecule has 4 rings (SSSR count). The average molecular weight is 309 g/mol. The number of anilines is 1. The Labute approximate surface area is 134 Å². The minimum Gasteiger partial charge on any atom is -0.423 e. The van der Waals surface area contributed by atoms with Crippen molar-refractivity contribution in [2.24, 2.45) is 23.2 Å². The molecule has 0 radical (unpaired) electrons. The third-order valence-electron chi connectivity index (χ3n) is 5.57. The summed E-state index contributed by atoms with van der Waals surface area (Å²) < 4.78 is 5.13. The third-order valence-corrected chi connectivity index (χ3v) is 5.57. The van der Waals surface area contributed by atoms with E-state index < -0.39 is 0 Å². The number of rotatable bonds is 3. The summed E-state index contributed by atoms with van der Waals surface area (Å²) in [6, 6.07) is 8.63. The van der Waals surface area contributed by atoms with Gasteiger partial charge < -0.3 is 9.73 Å². The lowest BCUT2D eigenvalue weighted by molar-refractivity contribution is -0.121. The van der Waals surface area contributed by atoms with E-state index in [1.54, 1.807) is 12.1 Å². The van der Waals surface area contributed by atoms with Crippen molar-refractivity contribution in [1.82, 2.24) is 0 Å². The Kier molecular flexibility index (Phi) is 2.83. The molecular formula is C19H19NO3. The Morgan fingerprint density at radius 1 is 1.26 bits per heavy atom. The first kappa shape index (κ1) is 14.2. The van der Waals surface area contributed by atoms with Crippen LogP contribution in [0.5, 0.6) is 0 Å². The number of hydrogen-bond donors (Lipinski definition) is 1. The van der Waals surface area contributed by atoms with Crippen LogP contribution in [0, 0.1) is 23.2 Å². The predicted octanol–water partition coefficient (Wildman–Crippen LogP) is 3.58. The van der Waals surface area contributed by atoms with Crippen LogP contribution in [0.3, 0.4) is 0 Å². The summed E-state index contributed by atoms with van der Waals surface area (Å²) in [5, 5.41) is 4.12. The fourth-order valence-electron chi connectivity index (χ4n) is 4.21. The van der Waals surface area contributed by atoms with Crippen molar-refractivity contribution in [2.45, 2.75) is 20.3 Å². The Morgan fingerprint density at radius 2 is 2.04 bits per heavy atom. The third kappa shape index (κ3) is 2.12. The number of fused-ring (bicyclic) bond motifs is 2. The van der Waals surface area contributed by atoms with Crippen molar-refractivity contribution in [3.8, 4) is 0 Å². The maximum Gasteiger partial charge on any atom is 0.336 e. The van der Waals surface area contributed by atoms with E-state index in [9.17, 15) is 9.59 Å². The fraction of sp³-hybridized carbons (Fsp3) is 0.368. The lowest BCUT2D eigenvalue weighted by Gasteiger charge is -2.20. The Morgan fingerprint density at radius 3 is 2.78 bits per heavy atom. The lowest BCUT2D eigenvalue weighted by Crippen LogP contribution is -2.22. The molecule has 1 aromatic heterocycles. The first-order chi connectivity index (χ1) is 10.9. The van der Waals surface area contributed by atoms with E-state index in [1.165, 1.54) is 6.07 Å². The monoisotopic (exact) mass is 309 g/mol. The minimum atomic E-state index is -0.360. The normalized spacial score (nSPS) is 27.7. The van der Waals surface area contributed by atoms with Crippen molar-refractivity contribution in [3.63, 3.8) is 0 Å². The van der Waals surface area contributed by atoms with Crippen LogP contribution in [-0.2, 0) is 4.79 Å². The van der Waals surface area contributed by atoms with Gasteiger partial charge in [-0.2, -0.15) is 0 Å². The molecule has 1 heterocycles. The summed E-state index contributed by atoms with van der Waals surface area (Å²) in [6.07, 6.45) is 0.673. The largest absolute Gasteiger partial charge is 0.423 e. The zero-order valence-corrected chi connectivity index (χ0v) is 13.3. The molecule has 1 aromatic carbocycles. The summed E-state index contributed by atoms with van der Waals surface area (Å²) in [5.41, 5.74) is 2.06. The number of hydrogen-bond acceptors (Lipinski definition) is 4. The van der Waals surface area contributed by atoms with Crippen LogP contribution in [0.25, 0.3) is 11.0 Å². The van der Waals surface area contributed by atoms with Crippen LogP contribution in [-0.4, -0.2) is 5.78 Å². The van der Waals surface area contributed by atoms with E-state index in [0.29, 0.717) is 29.6 Å². The molecule has 0 aliphatic heterocycles. The zero-order valence-electron chi connectivity index (χ0n) is 13.3. The van der Waals surface area contributed by atoms with E-state index in [2.05, 4.69) is 25.7 Å². The van der Waals surface area contributed by atoms with E-state index in [-0.39, 0.29) is 17.0 Å². The second-order valence-corrected chi connectivity index (χ2v) is 7.26. The fourth-order valence-corrected chi connectivity index (χ4v) is 4.21. The van der Waals surface area contributed by atoms with E-state index in [0.717, 1.165) is 16.8 Å². The molecule has 23 heavy (non-hydrogen) atoms. The van der Waals surface area contributed by atoms with Crippen molar-refractivity contribution in [1.29, 1.82) is 0 Å². The highest BCUT2D eigenvalue weighted by atomic mass is 16.4. The van der Waals surface area contributed by atoms with Gasteiger partial charge in [0.15, 0.2) is 0 Å². The molecule has 2 saturated carbocycles. The molecule has 4 nitrogen and oxygen atoms in total. The molecule has 1 N–H and O–H groups in total. The van der Waals surface area contributed by atoms with Gasteiger partial charge in [-0.15, -0.1) is 0 Å². The first-order valence-corrected chi connectivity index (χ1v) is 7.90. The maximum absolute atomic E-state index is 12.2. The molecule has 2 aromatic rings. The van der Waals surface area contributed by atoms with Crippen LogP contribution >= 0.6 is 0 Å². The molecule has 2 fully saturated rings. The number of allylic oxidation sites excluding steroid dienone is 1. The van der Waals surface area contributed by atoms with Gasteiger partial charge in [0, 0.05) is 29.3 Å². The van der Waals surface area contributed by atoms with E-state index in [4.69, 9.17) is 4.42 Å². The van der Waals surface area contributed by atoms with Crippen LogP contribution in [0.15, 0.2) is 51.8 Å². The van der Waals surface area contributed by atoms with Gasteiger partial charge >= 0.3 is 5.63 Å². The molecule has 0 bridgehead atoms. The highest BCUT2D eigenvalue weighted by Gasteiger charge is 2.67. The van der Waals surface area contributed by atoms with E-state index >= 15 is 0 Å². The van der Waals surface area contributed by atoms with Gasteiger partial charge in [-0.25, -0.2) is 4.79 Å². The number of benzene rings is 1. The summed E-state index contributed by atoms with van der Waals surface area (Å²) in [6.45, 7) is 8.57. The van der Waals surface area contributed by atoms with E-state index in [1.807, 2.05) is 12.1 Å². The first-order valence-electron chi connectivity index (χ1n) is 7.90. The predicted molar refractivity (Wildman–Crippen MR) is 89.1 cm³/mol. The highest BCUT2D eigenvalue weighted by molar-refractivity contribution is 5.89. The van der Waals surface area contributed by atoms with Gasteiger partial charge in [0.05, 0.1) is 5.92 Å². The van der Waals surface area contributed by atoms with Crippen LogP contribution in [0.4, 0.5) is 5.69 Å². The molecule has 3 atom stereocenters. The Hall–Kier alpha value is -2.36. The molecule has 2 aliphatic rings. The maximum atomic E-state index is 12.2. The second kappa shape index (κ2) is 4.57. The van der Waals surface area contributed by atoms with Crippen LogP contribution < -0.4 is 10.9 Å². The summed E-state index contributed by atoms with van der Waals surface area (Å²) >= 11 is 0. The molecular weight excluding hydrogens is 290 g/mol. The second-order valence-electron chi connectivity index (χ2n) is 7.26. The Balaban J connectivity index is 1.58. The number of carbonyl (C=O) groups excluding carboxylic acids is 1. The smallest absolute Gasteiger partial charge is 0.336 e. The molecule has 0 saturated heterocycles. The number of ketones is 1. The van der Waals surface area contributed by atoms with Crippen LogP contribution in [0.1, 0.15) is 20.3 Å². The van der Waals surface area contributed by atoms with Gasteiger partial charge in [0.1, 0.15) is 11.4 Å². The van der Waals surface area contributed by atoms with Crippen molar-refractivity contribution < 1.29 is 9.21 Å². The molecule has 0 amide bonds. The highest BCUT2D eigenvalue weighted by Crippen LogP contribution is 2.68. The summed E-state index contributed by atoms with van der Waals surface area (Å²) in [7, 11) is 0. The quantitative estimate of drug-likeness (QED) is 0.880. The SMILES string of the molecule is C=C(Nc1ccc2oc(=O)ccc2c1)[C@H]1C(=O)C[C@@H]2[C@H]1C2(C)C. The topological polar surface area (TPSA) is 59.3 Å². The molecule has 2 aliphatic carbocycles. The zero-order chi connectivity index (χ0) is 16.4. The molecule has 4 heteroatoms. The van der Waals surface area contributed by atoms with Gasteiger partial charge in [-0.05, 0) is 41.5 Å². The number of Topliss-reactive ketones (excluding diaryl/α,β-unsaturated/α-hetero) is 1. The van der Waals surface area contributed by atoms with Gasteiger partial charge in [0.2, 0.25) is 0 Å². The molecule has 118 valence electrons. The summed E-state index contributed by atoms with van der Waals surface area (Å²) in [5.74, 6) is 1.11. The van der Waals surface area contributed by atoms with Crippen molar-refractivity contribution in [3.05, 3.63) is 53.0 Å². The lowest BCUT2D eigenvalue weighted by atomic mass is 9.89. The minimum absolute atomic E-state index is 0.0978. The van der Waals surface area contributed by atoms with Crippen molar-refractivity contribution >= 4 is 22.4 Å². The standard InChI is InChI=1S/C19H19NO3/c1-10(17-14(21)9-13-18(17)19(13,2)3)20-12-5-6-15-11(8-12)4-7-16(22)23-15/h4-8,13,17-18,20H,1,9H2,2-3H3/t13-,17+,18-/m1/s1. The summed E-state index contributed by atoms with van der Waals surface area (Å²) in [4.78, 5) is 23.5. The van der Waals surface area contributed by atoms with Gasteiger partial charge in [0.25, 0.3) is 0 Å². The number of nitrogens with one attached hydrogen (secondary N) is 1. The van der Waals surface area contributed by atoms with Crippen LogP contribution in [0.2, 0.25) is 0 Å². The Bertz CT molecular complexity index is 893. The molecule has 0 spiro atoms. The van der Waals surface area contributed by atoms with Crippen molar-refractivity contribution in [2.75, 3.05) is 5.32 Å². The van der Waals surface area contributed by atoms with Gasteiger partial charge in [-0.1, -0.05) is 20.4 Å².